The SMILES string of the molecule is CC(C[N+](=O)[O-])(SCc1ccccc1)c1ccccc1. The molecule has 2 aromatic rings. The average molecular weight is 287 g/mol. The number of thioether (sulfide) groups is 1. The molecule has 4 heteroatoms. The van der Waals surface area contributed by atoms with E-state index in [1.54, 1.807) is 11.8 Å². The van der Waals surface area contributed by atoms with Crippen molar-refractivity contribution in [2.75, 3.05) is 6.54 Å². The lowest BCUT2D eigenvalue weighted by Crippen LogP contribution is -2.28. The van der Waals surface area contributed by atoms with Crippen LogP contribution in [0.3, 0.4) is 0 Å². The van der Waals surface area contributed by atoms with Gasteiger partial charge in [0.1, 0.15) is 4.75 Å². The Bertz CT molecular complexity index is 559. The Morgan fingerprint density at radius 3 is 2.15 bits per heavy atom. The van der Waals surface area contributed by atoms with Gasteiger partial charge in [-0.2, -0.15) is 0 Å². The highest BCUT2D eigenvalue weighted by Gasteiger charge is 2.33. The molecule has 0 radical (unpaired) electrons. The molecule has 0 amide bonds. The lowest BCUT2D eigenvalue weighted by molar-refractivity contribution is -0.485. The van der Waals surface area contributed by atoms with Crippen molar-refractivity contribution < 1.29 is 4.92 Å². The van der Waals surface area contributed by atoms with Crippen molar-refractivity contribution in [2.24, 2.45) is 0 Å². The molecule has 1 atom stereocenters. The van der Waals surface area contributed by atoms with E-state index in [1.165, 1.54) is 5.56 Å². The molecule has 2 rings (SSSR count). The van der Waals surface area contributed by atoms with Gasteiger partial charge in [-0.3, -0.25) is 10.1 Å². The summed E-state index contributed by atoms with van der Waals surface area (Å²) in [6.45, 7) is 1.87. The van der Waals surface area contributed by atoms with Crippen LogP contribution >= 0.6 is 11.8 Å². The van der Waals surface area contributed by atoms with Gasteiger partial charge in [-0.15, -0.1) is 11.8 Å². The van der Waals surface area contributed by atoms with Crippen LogP contribution < -0.4 is 0 Å². The molecule has 2 aromatic carbocycles. The predicted molar refractivity (Wildman–Crippen MR) is 83.4 cm³/mol. The Balaban J connectivity index is 2.17. The maximum atomic E-state index is 11.0. The summed E-state index contributed by atoms with van der Waals surface area (Å²) in [4.78, 5) is 10.8. The zero-order valence-corrected chi connectivity index (χ0v) is 12.2. The standard InChI is InChI=1S/C16H17NO2S/c1-16(13-17(18)19,15-10-6-3-7-11-15)20-12-14-8-4-2-5-9-14/h2-11H,12-13H2,1H3. The number of hydrogen-bond acceptors (Lipinski definition) is 3. The van der Waals surface area contributed by atoms with Crippen molar-refractivity contribution >= 4 is 11.8 Å². The summed E-state index contributed by atoms with van der Waals surface area (Å²) in [5.74, 6) is 0.764. The van der Waals surface area contributed by atoms with E-state index < -0.39 is 4.75 Å². The quantitative estimate of drug-likeness (QED) is 0.593. The van der Waals surface area contributed by atoms with Crippen LogP contribution in [0.5, 0.6) is 0 Å². The summed E-state index contributed by atoms with van der Waals surface area (Å²) in [6, 6.07) is 19.7. The molecule has 104 valence electrons. The second-order valence-electron chi connectivity index (χ2n) is 4.86. The van der Waals surface area contributed by atoms with E-state index in [2.05, 4.69) is 0 Å². The highest BCUT2D eigenvalue weighted by atomic mass is 32.2. The number of nitro groups is 1. The molecule has 0 heterocycles. The molecule has 1 unspecified atom stereocenters. The predicted octanol–water partition coefficient (Wildman–Crippen LogP) is 4.11. The van der Waals surface area contributed by atoms with Gasteiger partial charge >= 0.3 is 0 Å². The Labute approximate surface area is 123 Å². The monoisotopic (exact) mass is 287 g/mol. The topological polar surface area (TPSA) is 43.1 Å². The molecular weight excluding hydrogens is 270 g/mol. The van der Waals surface area contributed by atoms with E-state index in [-0.39, 0.29) is 11.5 Å². The van der Waals surface area contributed by atoms with E-state index in [4.69, 9.17) is 0 Å². The number of nitrogens with zero attached hydrogens (tertiary/aromatic N) is 1. The molecule has 0 saturated carbocycles. The van der Waals surface area contributed by atoms with Crippen LogP contribution in [-0.4, -0.2) is 11.5 Å². The molecule has 0 aromatic heterocycles. The third-order valence-electron chi connectivity index (χ3n) is 3.22. The maximum absolute atomic E-state index is 11.0. The number of hydrogen-bond donors (Lipinski definition) is 0. The van der Waals surface area contributed by atoms with Gasteiger partial charge in [-0.05, 0) is 18.1 Å². The van der Waals surface area contributed by atoms with Gasteiger partial charge in [0.2, 0.25) is 6.54 Å². The molecule has 3 nitrogen and oxygen atoms in total. The zero-order valence-electron chi connectivity index (χ0n) is 11.4. The third kappa shape index (κ3) is 3.84. The van der Waals surface area contributed by atoms with E-state index in [1.807, 2.05) is 67.6 Å². The summed E-state index contributed by atoms with van der Waals surface area (Å²) in [5.41, 5.74) is 2.18. The first-order valence-corrected chi connectivity index (χ1v) is 7.44. The smallest absolute Gasteiger partial charge is 0.222 e. The van der Waals surface area contributed by atoms with E-state index >= 15 is 0 Å². The minimum absolute atomic E-state index is 0.0749. The van der Waals surface area contributed by atoms with Gasteiger partial charge < -0.3 is 0 Å². The van der Waals surface area contributed by atoms with Gasteiger partial charge in [0.15, 0.2) is 0 Å². The van der Waals surface area contributed by atoms with Crippen LogP contribution in [0.2, 0.25) is 0 Å². The average Bonchev–Trinajstić information content (AvgIpc) is 2.47. The first-order chi connectivity index (χ1) is 9.60. The Morgan fingerprint density at radius 2 is 1.60 bits per heavy atom. The molecule has 0 saturated heterocycles. The Morgan fingerprint density at radius 1 is 1.05 bits per heavy atom. The minimum atomic E-state index is -0.513. The first-order valence-electron chi connectivity index (χ1n) is 6.45. The summed E-state index contributed by atoms with van der Waals surface area (Å²) in [7, 11) is 0. The highest BCUT2D eigenvalue weighted by molar-refractivity contribution is 7.99. The highest BCUT2D eigenvalue weighted by Crippen LogP contribution is 2.38. The van der Waals surface area contributed by atoms with Gasteiger partial charge in [0.25, 0.3) is 0 Å². The first kappa shape index (κ1) is 14.6. The summed E-state index contributed by atoms with van der Waals surface area (Å²) in [6.07, 6.45) is 0. The van der Waals surface area contributed by atoms with Crippen LogP contribution in [0.4, 0.5) is 0 Å². The van der Waals surface area contributed by atoms with Crippen molar-refractivity contribution in [3.8, 4) is 0 Å². The second-order valence-corrected chi connectivity index (χ2v) is 6.34. The lowest BCUT2D eigenvalue weighted by Gasteiger charge is -2.25. The van der Waals surface area contributed by atoms with E-state index in [0.29, 0.717) is 0 Å². The van der Waals surface area contributed by atoms with Crippen LogP contribution in [0.15, 0.2) is 60.7 Å². The van der Waals surface area contributed by atoms with Gasteiger partial charge in [0, 0.05) is 10.7 Å². The summed E-state index contributed by atoms with van der Waals surface area (Å²) in [5, 5.41) is 11.0. The number of rotatable bonds is 6. The second kappa shape index (κ2) is 6.57. The maximum Gasteiger partial charge on any atom is 0.222 e. The van der Waals surface area contributed by atoms with Crippen molar-refractivity contribution in [2.45, 2.75) is 17.4 Å². The molecule has 0 aliphatic heterocycles. The fourth-order valence-corrected chi connectivity index (χ4v) is 3.25. The van der Waals surface area contributed by atoms with E-state index in [0.717, 1.165) is 11.3 Å². The molecule has 0 aliphatic rings. The van der Waals surface area contributed by atoms with Gasteiger partial charge in [-0.25, -0.2) is 0 Å². The Hall–Kier alpha value is -1.81. The lowest BCUT2D eigenvalue weighted by atomic mass is 10.0. The van der Waals surface area contributed by atoms with Crippen LogP contribution in [0, 0.1) is 10.1 Å². The van der Waals surface area contributed by atoms with Crippen LogP contribution in [0.1, 0.15) is 18.1 Å². The van der Waals surface area contributed by atoms with Crippen molar-refractivity contribution in [1.29, 1.82) is 0 Å². The van der Waals surface area contributed by atoms with Gasteiger partial charge in [-0.1, -0.05) is 60.7 Å². The molecule has 0 spiro atoms. The molecule has 0 N–H and O–H groups in total. The number of benzene rings is 2. The molecular formula is C16H17NO2S. The normalized spacial score (nSPS) is 13.7. The third-order valence-corrected chi connectivity index (χ3v) is 4.70. The van der Waals surface area contributed by atoms with Crippen molar-refractivity contribution in [3.63, 3.8) is 0 Å². The largest absolute Gasteiger partial charge is 0.264 e. The molecule has 20 heavy (non-hydrogen) atoms. The molecule has 0 fully saturated rings. The van der Waals surface area contributed by atoms with Crippen LogP contribution in [-0.2, 0) is 10.5 Å². The van der Waals surface area contributed by atoms with Crippen molar-refractivity contribution in [3.05, 3.63) is 81.9 Å². The fourth-order valence-electron chi connectivity index (χ4n) is 2.07. The van der Waals surface area contributed by atoms with Gasteiger partial charge in [0.05, 0.1) is 0 Å². The summed E-state index contributed by atoms with van der Waals surface area (Å²) >= 11 is 1.62. The van der Waals surface area contributed by atoms with E-state index in [9.17, 15) is 10.1 Å². The Kier molecular flexibility index (Phi) is 4.79. The molecule has 0 aliphatic carbocycles. The van der Waals surface area contributed by atoms with Crippen molar-refractivity contribution in [1.82, 2.24) is 0 Å². The molecule has 0 bridgehead atoms. The van der Waals surface area contributed by atoms with Crippen LogP contribution in [0.25, 0.3) is 0 Å². The summed E-state index contributed by atoms with van der Waals surface area (Å²) < 4.78 is -0.513. The minimum Gasteiger partial charge on any atom is -0.264 e. The fraction of sp³-hybridized carbons (Fsp3) is 0.250. The zero-order chi connectivity index (χ0) is 14.4.